The highest BCUT2D eigenvalue weighted by atomic mass is 32.1. The van der Waals surface area contributed by atoms with E-state index < -0.39 is 11.9 Å². The first kappa shape index (κ1) is 15.5. The van der Waals surface area contributed by atoms with Crippen LogP contribution in [0.1, 0.15) is 42.4 Å². The van der Waals surface area contributed by atoms with Gasteiger partial charge in [-0.1, -0.05) is 0 Å². The van der Waals surface area contributed by atoms with E-state index in [0.717, 1.165) is 28.1 Å². The Balaban J connectivity index is 2.17. The summed E-state index contributed by atoms with van der Waals surface area (Å²) in [6, 6.07) is -0.711. The average molecular weight is 333 g/mol. The third-order valence-corrected chi connectivity index (χ3v) is 5.01. The van der Waals surface area contributed by atoms with Gasteiger partial charge in [-0.05, 0) is 39.2 Å². The van der Waals surface area contributed by atoms with Crippen molar-refractivity contribution in [3.05, 3.63) is 23.0 Å². The van der Waals surface area contributed by atoms with Crippen molar-refractivity contribution in [3.8, 4) is 10.4 Å². The zero-order valence-corrected chi connectivity index (χ0v) is 14.1. The fraction of sp³-hybridized carbons (Fsp3) is 0.400. The number of hydrogen-bond acceptors (Lipinski definition) is 4. The van der Waals surface area contributed by atoms with Gasteiger partial charge in [0.2, 0.25) is 0 Å². The zero-order chi connectivity index (χ0) is 16.9. The van der Waals surface area contributed by atoms with Crippen molar-refractivity contribution in [3.63, 3.8) is 0 Å². The molecular formula is C15H19N5O2S. The molecule has 23 heavy (non-hydrogen) atoms. The minimum absolute atomic E-state index is 0.129. The van der Waals surface area contributed by atoms with E-state index in [-0.39, 0.29) is 5.54 Å². The lowest BCUT2D eigenvalue weighted by Crippen LogP contribution is -2.22. The molecule has 0 bridgehead atoms. The number of nitrogens with two attached hydrogens (primary N) is 2. The molecule has 3 rings (SSSR count). The molecule has 2 aromatic rings. The van der Waals surface area contributed by atoms with Crippen LogP contribution in [0.15, 0.2) is 6.20 Å². The largest absolute Gasteiger partial charge is 0.365 e. The van der Waals surface area contributed by atoms with Gasteiger partial charge in [-0.2, -0.15) is 5.10 Å². The van der Waals surface area contributed by atoms with Crippen LogP contribution < -0.4 is 16.8 Å². The van der Waals surface area contributed by atoms with E-state index in [0.29, 0.717) is 17.0 Å². The van der Waals surface area contributed by atoms with Crippen LogP contribution in [-0.4, -0.2) is 21.7 Å². The van der Waals surface area contributed by atoms with E-state index in [1.54, 1.807) is 0 Å². The Hall–Kier alpha value is -2.35. The number of urea groups is 1. The highest BCUT2D eigenvalue weighted by Gasteiger charge is 2.30. The lowest BCUT2D eigenvalue weighted by molar-refractivity contribution is 0.100. The molecule has 1 aliphatic rings. The lowest BCUT2D eigenvalue weighted by Gasteiger charge is -2.18. The number of aromatic nitrogens is 2. The second-order valence-electron chi connectivity index (χ2n) is 6.57. The first-order valence-electron chi connectivity index (χ1n) is 7.30. The van der Waals surface area contributed by atoms with E-state index in [4.69, 9.17) is 11.5 Å². The molecule has 1 aliphatic carbocycles. The smallest absolute Gasteiger partial charge is 0.317 e. The van der Waals surface area contributed by atoms with Gasteiger partial charge in [0.1, 0.15) is 5.00 Å². The SMILES string of the molecule is CC(C)(C)n1cc2c(n1)CCc1c-2sc(NC(N)=O)c1C(N)=O. The Labute approximate surface area is 137 Å². The Morgan fingerprint density at radius 2 is 2.00 bits per heavy atom. The molecule has 0 aromatic carbocycles. The molecule has 122 valence electrons. The lowest BCUT2D eigenvalue weighted by atomic mass is 9.94. The normalized spacial score (nSPS) is 13.3. The number of rotatable bonds is 2. The molecule has 0 unspecified atom stereocenters. The van der Waals surface area contributed by atoms with Crippen molar-refractivity contribution < 1.29 is 9.59 Å². The summed E-state index contributed by atoms with van der Waals surface area (Å²) in [7, 11) is 0. The van der Waals surface area contributed by atoms with Crippen LogP contribution in [0, 0.1) is 0 Å². The molecule has 0 fully saturated rings. The zero-order valence-electron chi connectivity index (χ0n) is 13.3. The average Bonchev–Trinajstić information content (AvgIpc) is 2.96. The first-order chi connectivity index (χ1) is 10.7. The van der Waals surface area contributed by atoms with E-state index in [1.165, 1.54) is 11.3 Å². The molecule has 0 radical (unpaired) electrons. The number of hydrogen-bond donors (Lipinski definition) is 3. The van der Waals surface area contributed by atoms with E-state index >= 15 is 0 Å². The fourth-order valence-electron chi connectivity index (χ4n) is 2.75. The van der Waals surface area contributed by atoms with Crippen molar-refractivity contribution in [2.75, 3.05) is 5.32 Å². The van der Waals surface area contributed by atoms with Crippen molar-refractivity contribution in [2.24, 2.45) is 11.5 Å². The van der Waals surface area contributed by atoms with Gasteiger partial charge in [0.25, 0.3) is 5.91 Å². The molecule has 0 saturated carbocycles. The van der Waals surface area contributed by atoms with Gasteiger partial charge >= 0.3 is 6.03 Å². The maximum Gasteiger partial charge on any atom is 0.317 e. The summed E-state index contributed by atoms with van der Waals surface area (Å²) in [5.74, 6) is -0.557. The predicted molar refractivity (Wildman–Crippen MR) is 89.7 cm³/mol. The maximum atomic E-state index is 11.8. The van der Waals surface area contributed by atoms with Crippen molar-refractivity contribution in [2.45, 2.75) is 39.2 Å². The molecule has 0 spiro atoms. The van der Waals surface area contributed by atoms with Crippen LogP contribution >= 0.6 is 11.3 Å². The maximum absolute atomic E-state index is 11.8. The van der Waals surface area contributed by atoms with E-state index in [9.17, 15) is 9.59 Å². The number of carbonyl (C=O) groups excluding carboxylic acids is 2. The number of anilines is 1. The van der Waals surface area contributed by atoms with Crippen LogP contribution in [-0.2, 0) is 18.4 Å². The third kappa shape index (κ3) is 2.59. The molecule has 3 amide bonds. The summed E-state index contributed by atoms with van der Waals surface area (Å²) in [5, 5.41) is 7.58. The highest BCUT2D eigenvalue weighted by Crippen LogP contribution is 2.45. The molecule has 8 heteroatoms. The van der Waals surface area contributed by atoms with Crippen LogP contribution in [0.4, 0.5) is 9.80 Å². The van der Waals surface area contributed by atoms with E-state index in [1.807, 2.05) is 10.9 Å². The second kappa shape index (κ2) is 5.09. The summed E-state index contributed by atoms with van der Waals surface area (Å²) in [6.45, 7) is 6.24. The topological polar surface area (TPSA) is 116 Å². The Kier molecular flexibility index (Phi) is 3.44. The summed E-state index contributed by atoms with van der Waals surface area (Å²) >= 11 is 1.32. The van der Waals surface area contributed by atoms with Gasteiger partial charge in [0.15, 0.2) is 0 Å². The van der Waals surface area contributed by atoms with Gasteiger partial charge in [0.05, 0.1) is 16.8 Å². The van der Waals surface area contributed by atoms with Crippen LogP contribution in [0.5, 0.6) is 0 Å². The highest BCUT2D eigenvalue weighted by molar-refractivity contribution is 7.20. The standard InChI is InChI=1S/C15H19N5O2S/c1-15(2,3)20-6-8-9(19-20)5-4-7-10(12(16)21)13(18-14(17)22)23-11(7)8/h6H,4-5H2,1-3H3,(H2,16,21)(H3,17,18,22). The first-order valence-corrected chi connectivity index (χ1v) is 8.11. The fourth-order valence-corrected chi connectivity index (χ4v) is 4.04. The quantitative estimate of drug-likeness (QED) is 0.781. The molecule has 0 aliphatic heterocycles. The molecule has 0 atom stereocenters. The van der Waals surface area contributed by atoms with Gasteiger partial charge in [-0.15, -0.1) is 11.3 Å². The third-order valence-electron chi connectivity index (χ3n) is 3.82. The molecular weight excluding hydrogens is 314 g/mol. The van der Waals surface area contributed by atoms with Crippen molar-refractivity contribution in [1.82, 2.24) is 9.78 Å². The number of amides is 3. The summed E-state index contributed by atoms with van der Waals surface area (Å²) in [5.41, 5.74) is 13.8. The Bertz CT molecular complexity index is 813. The number of aryl methyl sites for hydroxylation is 1. The number of nitrogens with zero attached hydrogens (tertiary/aromatic N) is 2. The second-order valence-corrected chi connectivity index (χ2v) is 7.59. The van der Waals surface area contributed by atoms with Crippen LogP contribution in [0.2, 0.25) is 0 Å². The molecule has 2 aromatic heterocycles. The van der Waals surface area contributed by atoms with Crippen molar-refractivity contribution in [1.29, 1.82) is 0 Å². The predicted octanol–water partition coefficient (Wildman–Crippen LogP) is 2.05. The Morgan fingerprint density at radius 1 is 1.30 bits per heavy atom. The molecule has 7 nitrogen and oxygen atoms in total. The summed E-state index contributed by atoms with van der Waals surface area (Å²) in [4.78, 5) is 23.9. The van der Waals surface area contributed by atoms with Gasteiger partial charge in [-0.3, -0.25) is 14.8 Å². The van der Waals surface area contributed by atoms with Crippen molar-refractivity contribution >= 4 is 28.3 Å². The minimum Gasteiger partial charge on any atom is -0.365 e. The van der Waals surface area contributed by atoms with Crippen LogP contribution in [0.25, 0.3) is 10.4 Å². The van der Waals surface area contributed by atoms with Gasteiger partial charge in [0, 0.05) is 16.6 Å². The molecule has 2 heterocycles. The van der Waals surface area contributed by atoms with Gasteiger partial charge in [-0.25, -0.2) is 4.79 Å². The van der Waals surface area contributed by atoms with Gasteiger partial charge < -0.3 is 11.5 Å². The van der Waals surface area contributed by atoms with Crippen LogP contribution in [0.3, 0.4) is 0 Å². The Morgan fingerprint density at radius 3 is 2.57 bits per heavy atom. The monoisotopic (exact) mass is 333 g/mol. The number of carbonyl (C=O) groups is 2. The number of primary amides is 2. The minimum atomic E-state index is -0.711. The number of thiophene rings is 1. The van der Waals surface area contributed by atoms with E-state index in [2.05, 4.69) is 31.2 Å². The summed E-state index contributed by atoms with van der Waals surface area (Å²) in [6.07, 6.45) is 3.39. The molecule has 0 saturated heterocycles. The summed E-state index contributed by atoms with van der Waals surface area (Å²) < 4.78 is 1.93. The molecule has 5 N–H and O–H groups in total. The number of fused-ring (bicyclic) bond motifs is 3. The number of nitrogens with one attached hydrogen (secondary N) is 1.